The van der Waals surface area contributed by atoms with Crippen LogP contribution in [-0.4, -0.2) is 4.92 Å². The van der Waals surface area contributed by atoms with E-state index in [4.69, 9.17) is 23.2 Å². The van der Waals surface area contributed by atoms with Gasteiger partial charge in [0.25, 0.3) is 5.69 Å². The maximum Gasteiger partial charge on any atom is 0.293 e. The summed E-state index contributed by atoms with van der Waals surface area (Å²) in [5.41, 5.74) is 1.32. The molecule has 0 aromatic heterocycles. The number of nitrogens with one attached hydrogen (secondary N) is 1. The van der Waals surface area contributed by atoms with Crippen molar-refractivity contribution in [2.24, 2.45) is 0 Å². The lowest BCUT2D eigenvalue weighted by molar-refractivity contribution is -0.383. The number of hydrogen-bond donors (Lipinski definition) is 1. The molecule has 0 bridgehead atoms. The standard InChI is InChI=1S/C13H10Cl2N2O2/c14-10-3-1-2-9(6-10)8-16-12-5-4-11(15)7-13(12)17(18)19/h1-7,16H,8H2. The molecular weight excluding hydrogens is 287 g/mol. The quantitative estimate of drug-likeness (QED) is 0.667. The number of anilines is 1. The monoisotopic (exact) mass is 296 g/mol. The maximum atomic E-state index is 10.9. The minimum absolute atomic E-state index is 0.0467. The van der Waals surface area contributed by atoms with E-state index >= 15 is 0 Å². The zero-order valence-electron chi connectivity index (χ0n) is 9.77. The molecule has 0 heterocycles. The van der Waals surface area contributed by atoms with Crippen LogP contribution in [0.3, 0.4) is 0 Å². The first-order chi connectivity index (χ1) is 9.06. The van der Waals surface area contributed by atoms with Gasteiger partial charge in [0.05, 0.1) is 4.92 Å². The van der Waals surface area contributed by atoms with E-state index in [2.05, 4.69) is 5.32 Å². The van der Waals surface area contributed by atoms with Gasteiger partial charge in [0.15, 0.2) is 0 Å². The molecule has 0 fully saturated rings. The van der Waals surface area contributed by atoms with Crippen LogP contribution in [0.5, 0.6) is 0 Å². The van der Waals surface area contributed by atoms with Gasteiger partial charge in [-0.1, -0.05) is 35.3 Å². The zero-order valence-corrected chi connectivity index (χ0v) is 11.3. The average Bonchev–Trinajstić information content (AvgIpc) is 2.37. The lowest BCUT2D eigenvalue weighted by Crippen LogP contribution is -2.02. The van der Waals surface area contributed by atoms with Crippen molar-refractivity contribution in [1.82, 2.24) is 0 Å². The molecule has 0 saturated heterocycles. The van der Waals surface area contributed by atoms with E-state index in [1.807, 2.05) is 12.1 Å². The molecule has 0 radical (unpaired) electrons. The Morgan fingerprint density at radius 2 is 1.84 bits per heavy atom. The highest BCUT2D eigenvalue weighted by Gasteiger charge is 2.13. The molecule has 0 unspecified atom stereocenters. The number of halogens is 2. The Kier molecular flexibility index (Phi) is 4.24. The summed E-state index contributed by atoms with van der Waals surface area (Å²) in [7, 11) is 0. The van der Waals surface area contributed by atoms with Crippen LogP contribution >= 0.6 is 23.2 Å². The number of nitro groups is 1. The van der Waals surface area contributed by atoms with Gasteiger partial charge in [-0.3, -0.25) is 10.1 Å². The second kappa shape index (κ2) is 5.91. The predicted octanol–water partition coefficient (Wildman–Crippen LogP) is 4.51. The van der Waals surface area contributed by atoms with Crippen molar-refractivity contribution in [3.05, 3.63) is 68.2 Å². The van der Waals surface area contributed by atoms with Gasteiger partial charge in [0, 0.05) is 22.7 Å². The minimum atomic E-state index is -0.466. The van der Waals surface area contributed by atoms with Crippen molar-refractivity contribution in [2.45, 2.75) is 6.54 Å². The molecule has 0 aliphatic carbocycles. The summed E-state index contributed by atoms with van der Waals surface area (Å²) in [6.07, 6.45) is 0. The van der Waals surface area contributed by atoms with Crippen molar-refractivity contribution >= 4 is 34.6 Å². The van der Waals surface area contributed by atoms with Crippen molar-refractivity contribution in [3.63, 3.8) is 0 Å². The van der Waals surface area contributed by atoms with Crippen molar-refractivity contribution in [2.75, 3.05) is 5.32 Å². The first kappa shape index (κ1) is 13.6. The fraction of sp³-hybridized carbons (Fsp3) is 0.0769. The van der Waals surface area contributed by atoms with E-state index < -0.39 is 4.92 Å². The molecule has 0 saturated carbocycles. The van der Waals surface area contributed by atoms with Gasteiger partial charge >= 0.3 is 0 Å². The lowest BCUT2D eigenvalue weighted by Gasteiger charge is -2.07. The Hall–Kier alpha value is -1.78. The summed E-state index contributed by atoms with van der Waals surface area (Å²) in [5.74, 6) is 0. The highest BCUT2D eigenvalue weighted by atomic mass is 35.5. The second-order valence-electron chi connectivity index (χ2n) is 3.90. The Morgan fingerprint density at radius 1 is 1.11 bits per heavy atom. The molecule has 6 heteroatoms. The second-order valence-corrected chi connectivity index (χ2v) is 4.77. The van der Waals surface area contributed by atoms with Crippen LogP contribution in [-0.2, 0) is 6.54 Å². The highest BCUT2D eigenvalue weighted by Crippen LogP contribution is 2.28. The molecule has 98 valence electrons. The minimum Gasteiger partial charge on any atom is -0.375 e. The van der Waals surface area contributed by atoms with E-state index in [0.717, 1.165) is 5.56 Å². The fourth-order valence-electron chi connectivity index (χ4n) is 1.65. The van der Waals surface area contributed by atoms with Gasteiger partial charge < -0.3 is 5.32 Å². The van der Waals surface area contributed by atoms with Crippen LogP contribution in [0.25, 0.3) is 0 Å². The molecule has 0 atom stereocenters. The summed E-state index contributed by atoms with van der Waals surface area (Å²) in [5, 5.41) is 14.9. The van der Waals surface area contributed by atoms with Crippen LogP contribution in [0.2, 0.25) is 10.0 Å². The number of nitrogens with zero attached hydrogens (tertiary/aromatic N) is 1. The summed E-state index contributed by atoms with van der Waals surface area (Å²) in [6, 6.07) is 11.8. The van der Waals surface area contributed by atoms with E-state index in [1.54, 1.807) is 24.3 Å². The number of rotatable bonds is 4. The predicted molar refractivity (Wildman–Crippen MR) is 76.9 cm³/mol. The zero-order chi connectivity index (χ0) is 13.8. The van der Waals surface area contributed by atoms with Crippen LogP contribution in [0.1, 0.15) is 5.56 Å². The van der Waals surface area contributed by atoms with Gasteiger partial charge in [-0.2, -0.15) is 0 Å². The topological polar surface area (TPSA) is 55.2 Å². The Labute approximate surface area is 120 Å². The summed E-state index contributed by atoms with van der Waals surface area (Å²) in [6.45, 7) is 0.447. The summed E-state index contributed by atoms with van der Waals surface area (Å²) < 4.78 is 0. The molecule has 2 aromatic rings. The van der Waals surface area contributed by atoms with Crippen LogP contribution in [0.15, 0.2) is 42.5 Å². The van der Waals surface area contributed by atoms with Crippen LogP contribution in [0, 0.1) is 10.1 Å². The van der Waals surface area contributed by atoms with Gasteiger partial charge in [-0.05, 0) is 29.8 Å². The van der Waals surface area contributed by atoms with Crippen LogP contribution in [0.4, 0.5) is 11.4 Å². The van der Waals surface area contributed by atoms with Crippen molar-refractivity contribution in [3.8, 4) is 0 Å². The molecule has 1 N–H and O–H groups in total. The van der Waals surface area contributed by atoms with E-state index in [-0.39, 0.29) is 5.69 Å². The number of hydrogen-bond acceptors (Lipinski definition) is 3. The molecular formula is C13H10Cl2N2O2. The largest absolute Gasteiger partial charge is 0.375 e. The van der Waals surface area contributed by atoms with Crippen molar-refractivity contribution < 1.29 is 4.92 Å². The van der Waals surface area contributed by atoms with E-state index in [9.17, 15) is 10.1 Å². The van der Waals surface area contributed by atoms with Gasteiger partial charge in [-0.25, -0.2) is 0 Å². The van der Waals surface area contributed by atoms with Crippen molar-refractivity contribution in [1.29, 1.82) is 0 Å². The third kappa shape index (κ3) is 3.59. The average molecular weight is 297 g/mol. The molecule has 0 aliphatic heterocycles. The molecule has 19 heavy (non-hydrogen) atoms. The first-order valence-corrected chi connectivity index (χ1v) is 6.24. The van der Waals surface area contributed by atoms with Crippen LogP contribution < -0.4 is 5.32 Å². The van der Waals surface area contributed by atoms with Gasteiger partial charge in [0.2, 0.25) is 0 Å². The molecule has 2 rings (SSSR count). The Bertz CT molecular complexity index is 617. The van der Waals surface area contributed by atoms with Gasteiger partial charge in [0.1, 0.15) is 5.69 Å². The summed E-state index contributed by atoms with van der Waals surface area (Å²) in [4.78, 5) is 10.5. The molecule has 4 nitrogen and oxygen atoms in total. The number of nitro benzene ring substituents is 1. The van der Waals surface area contributed by atoms with Gasteiger partial charge in [-0.15, -0.1) is 0 Å². The maximum absolute atomic E-state index is 10.9. The first-order valence-electron chi connectivity index (χ1n) is 5.48. The van der Waals surface area contributed by atoms with E-state index in [0.29, 0.717) is 22.3 Å². The highest BCUT2D eigenvalue weighted by molar-refractivity contribution is 6.31. The van der Waals surface area contributed by atoms with E-state index in [1.165, 1.54) is 6.07 Å². The molecule has 0 spiro atoms. The normalized spacial score (nSPS) is 10.2. The third-order valence-corrected chi connectivity index (χ3v) is 3.00. The molecule has 0 aliphatic rings. The Morgan fingerprint density at radius 3 is 2.53 bits per heavy atom. The summed E-state index contributed by atoms with van der Waals surface area (Å²) >= 11 is 11.6. The fourth-order valence-corrected chi connectivity index (χ4v) is 2.03. The molecule has 2 aromatic carbocycles. The Balaban J connectivity index is 2.17. The SMILES string of the molecule is O=[N+]([O-])c1cc(Cl)ccc1NCc1cccc(Cl)c1. The third-order valence-electron chi connectivity index (χ3n) is 2.53. The molecule has 0 amide bonds. The lowest BCUT2D eigenvalue weighted by atomic mass is 10.2. The number of benzene rings is 2. The smallest absolute Gasteiger partial charge is 0.293 e.